The molecule has 0 aromatic carbocycles. The minimum atomic E-state index is -0.730. The molecular weight excluding hydrogens is 250 g/mol. The van der Waals surface area contributed by atoms with Crippen molar-refractivity contribution in [2.75, 3.05) is 13.7 Å². The van der Waals surface area contributed by atoms with E-state index in [1.165, 1.54) is 18.2 Å². The van der Waals surface area contributed by atoms with Crippen LogP contribution in [0.1, 0.15) is 22.5 Å². The number of hydrogen-bond acceptors (Lipinski definition) is 5. The van der Waals surface area contributed by atoms with Gasteiger partial charge in [-0.25, -0.2) is 4.79 Å². The number of hydrogen-bond donors (Lipinski definition) is 1. The van der Waals surface area contributed by atoms with Gasteiger partial charge in [0.25, 0.3) is 5.91 Å². The Morgan fingerprint density at radius 1 is 1.53 bits per heavy atom. The summed E-state index contributed by atoms with van der Waals surface area (Å²) in [6, 6.07) is -0.730. The molecule has 0 spiro atoms. The summed E-state index contributed by atoms with van der Waals surface area (Å²) < 4.78 is 6.26. The van der Waals surface area contributed by atoms with Crippen LogP contribution in [0.15, 0.2) is 6.20 Å². The van der Waals surface area contributed by atoms with Crippen LogP contribution in [-0.2, 0) is 16.6 Å². The van der Waals surface area contributed by atoms with E-state index in [4.69, 9.17) is 0 Å². The number of aliphatic hydroxyl groups is 1. The molecule has 7 nitrogen and oxygen atoms in total. The minimum Gasteiger partial charge on any atom is -0.467 e. The van der Waals surface area contributed by atoms with Crippen molar-refractivity contribution in [2.24, 2.45) is 7.05 Å². The average molecular weight is 267 g/mol. The summed E-state index contributed by atoms with van der Waals surface area (Å²) in [5.41, 5.74) is 1.15. The number of methoxy groups -OCH3 is 1. The Morgan fingerprint density at radius 2 is 2.21 bits per heavy atom. The number of ether oxygens (including phenoxy) is 1. The van der Waals surface area contributed by atoms with Crippen molar-refractivity contribution in [1.29, 1.82) is 0 Å². The minimum absolute atomic E-state index is 0.132. The maximum atomic E-state index is 12.4. The summed E-state index contributed by atoms with van der Waals surface area (Å²) in [5, 5.41) is 13.7. The van der Waals surface area contributed by atoms with Crippen molar-refractivity contribution in [3.63, 3.8) is 0 Å². The number of aromatic nitrogens is 2. The Hall–Kier alpha value is -1.89. The number of nitrogens with zero attached hydrogens (tertiary/aromatic N) is 3. The van der Waals surface area contributed by atoms with Crippen LogP contribution in [0.2, 0.25) is 0 Å². The van der Waals surface area contributed by atoms with Crippen molar-refractivity contribution >= 4 is 11.9 Å². The van der Waals surface area contributed by atoms with Crippen LogP contribution in [0.4, 0.5) is 0 Å². The summed E-state index contributed by atoms with van der Waals surface area (Å²) >= 11 is 0. The van der Waals surface area contributed by atoms with E-state index < -0.39 is 18.1 Å². The number of aliphatic hydroxyl groups excluding tert-OH is 1. The van der Waals surface area contributed by atoms with Crippen LogP contribution in [0, 0.1) is 6.92 Å². The van der Waals surface area contributed by atoms with Crippen LogP contribution in [0.3, 0.4) is 0 Å². The molecule has 19 heavy (non-hydrogen) atoms. The number of carbonyl (C=O) groups excluding carboxylic acids is 2. The Morgan fingerprint density at radius 3 is 2.74 bits per heavy atom. The fraction of sp³-hybridized carbons (Fsp3) is 0.583. The van der Waals surface area contributed by atoms with Crippen molar-refractivity contribution in [1.82, 2.24) is 14.7 Å². The summed E-state index contributed by atoms with van der Waals surface area (Å²) in [5.74, 6) is -0.816. The fourth-order valence-electron chi connectivity index (χ4n) is 2.26. The number of carbonyl (C=O) groups is 2. The van der Waals surface area contributed by atoms with Crippen molar-refractivity contribution in [2.45, 2.75) is 25.5 Å². The van der Waals surface area contributed by atoms with Crippen molar-refractivity contribution < 1.29 is 19.4 Å². The van der Waals surface area contributed by atoms with Gasteiger partial charge in [-0.15, -0.1) is 0 Å². The van der Waals surface area contributed by atoms with E-state index in [0.717, 1.165) is 5.69 Å². The highest BCUT2D eigenvalue weighted by atomic mass is 16.5. The first-order valence-corrected chi connectivity index (χ1v) is 6.01. The first-order chi connectivity index (χ1) is 8.95. The molecule has 1 amide bonds. The van der Waals surface area contributed by atoms with Crippen LogP contribution in [0.25, 0.3) is 0 Å². The van der Waals surface area contributed by atoms with E-state index in [0.29, 0.717) is 5.56 Å². The molecular formula is C12H17N3O4. The Balaban J connectivity index is 2.27. The van der Waals surface area contributed by atoms with Gasteiger partial charge in [0.15, 0.2) is 0 Å². The molecule has 0 radical (unpaired) electrons. The first-order valence-electron chi connectivity index (χ1n) is 6.01. The molecule has 7 heteroatoms. The quantitative estimate of drug-likeness (QED) is 0.729. The number of aryl methyl sites for hydroxylation is 1. The maximum Gasteiger partial charge on any atom is 0.328 e. The second-order valence-corrected chi connectivity index (χ2v) is 4.65. The highest BCUT2D eigenvalue weighted by Crippen LogP contribution is 2.22. The smallest absolute Gasteiger partial charge is 0.328 e. The fourth-order valence-corrected chi connectivity index (χ4v) is 2.26. The van der Waals surface area contributed by atoms with Gasteiger partial charge in [-0.3, -0.25) is 9.48 Å². The Labute approximate surface area is 110 Å². The first kappa shape index (κ1) is 13.5. The molecule has 1 aliphatic rings. The number of rotatable bonds is 2. The maximum absolute atomic E-state index is 12.4. The van der Waals surface area contributed by atoms with Crippen LogP contribution < -0.4 is 0 Å². The summed E-state index contributed by atoms with van der Waals surface area (Å²) in [7, 11) is 3.01. The molecule has 1 N–H and O–H groups in total. The van der Waals surface area contributed by atoms with E-state index in [1.54, 1.807) is 18.7 Å². The molecule has 0 saturated carbocycles. The Kier molecular flexibility index (Phi) is 3.57. The summed E-state index contributed by atoms with van der Waals surface area (Å²) in [6.45, 7) is 1.91. The number of β-amino-alcohol motifs (C(OH)–C–C–N with tert-alkyl or cyclic N) is 1. The number of esters is 1. The highest BCUT2D eigenvalue weighted by molar-refractivity contribution is 5.98. The van der Waals surface area contributed by atoms with Gasteiger partial charge >= 0.3 is 5.97 Å². The van der Waals surface area contributed by atoms with Gasteiger partial charge in [0, 0.05) is 25.7 Å². The highest BCUT2D eigenvalue weighted by Gasteiger charge is 2.40. The van der Waals surface area contributed by atoms with Gasteiger partial charge in [-0.05, 0) is 6.92 Å². The van der Waals surface area contributed by atoms with Gasteiger partial charge in [-0.1, -0.05) is 0 Å². The Bertz CT molecular complexity index is 511. The zero-order valence-corrected chi connectivity index (χ0v) is 11.2. The van der Waals surface area contributed by atoms with Crippen LogP contribution in [0.5, 0.6) is 0 Å². The molecule has 2 rings (SSSR count). The van der Waals surface area contributed by atoms with Gasteiger partial charge in [0.2, 0.25) is 0 Å². The standard InChI is InChI=1S/C12H17N3O4/c1-7-9(5-13-14(7)2)11(17)15-6-8(16)4-10(15)12(18)19-3/h5,8,10,16H,4,6H2,1-3H3. The molecule has 2 unspecified atom stereocenters. The predicted octanol–water partition coefficient (Wildman–Crippen LogP) is -0.523. The lowest BCUT2D eigenvalue weighted by Crippen LogP contribution is -2.41. The van der Waals surface area contributed by atoms with E-state index in [2.05, 4.69) is 9.84 Å². The van der Waals surface area contributed by atoms with E-state index in [-0.39, 0.29) is 18.9 Å². The monoisotopic (exact) mass is 267 g/mol. The molecule has 1 aromatic heterocycles. The zero-order valence-electron chi connectivity index (χ0n) is 11.2. The molecule has 0 bridgehead atoms. The normalized spacial score (nSPS) is 22.6. The van der Waals surface area contributed by atoms with E-state index >= 15 is 0 Å². The van der Waals surface area contributed by atoms with Crippen LogP contribution in [-0.4, -0.2) is 57.5 Å². The van der Waals surface area contributed by atoms with Gasteiger partial charge < -0.3 is 14.7 Å². The molecule has 1 fully saturated rings. The predicted molar refractivity (Wildman–Crippen MR) is 65.4 cm³/mol. The SMILES string of the molecule is COC(=O)C1CC(O)CN1C(=O)c1cnn(C)c1C. The molecule has 2 heterocycles. The molecule has 2 atom stereocenters. The van der Waals surface area contributed by atoms with Gasteiger partial charge in [0.05, 0.1) is 25.0 Å². The lowest BCUT2D eigenvalue weighted by molar-refractivity contribution is -0.145. The number of amides is 1. The van der Waals surface area contributed by atoms with Crippen molar-refractivity contribution in [3.8, 4) is 0 Å². The second-order valence-electron chi connectivity index (χ2n) is 4.65. The van der Waals surface area contributed by atoms with E-state index in [1.807, 2.05) is 0 Å². The van der Waals surface area contributed by atoms with E-state index in [9.17, 15) is 14.7 Å². The summed E-state index contributed by atoms with van der Waals surface area (Å²) in [4.78, 5) is 25.4. The third-order valence-electron chi connectivity index (χ3n) is 3.48. The number of likely N-dealkylation sites (tertiary alicyclic amines) is 1. The molecule has 1 aromatic rings. The topological polar surface area (TPSA) is 84.7 Å². The van der Waals surface area contributed by atoms with Crippen molar-refractivity contribution in [3.05, 3.63) is 17.5 Å². The zero-order chi connectivity index (χ0) is 14.2. The molecule has 1 aliphatic heterocycles. The lowest BCUT2D eigenvalue weighted by atomic mass is 10.2. The third-order valence-corrected chi connectivity index (χ3v) is 3.48. The molecule has 1 saturated heterocycles. The van der Waals surface area contributed by atoms with Crippen LogP contribution >= 0.6 is 0 Å². The molecule has 0 aliphatic carbocycles. The largest absolute Gasteiger partial charge is 0.467 e. The molecule has 104 valence electrons. The van der Waals surface area contributed by atoms with Gasteiger partial charge in [0.1, 0.15) is 6.04 Å². The average Bonchev–Trinajstić information content (AvgIpc) is 2.93. The van der Waals surface area contributed by atoms with Gasteiger partial charge in [-0.2, -0.15) is 5.10 Å². The lowest BCUT2D eigenvalue weighted by Gasteiger charge is -2.22. The summed E-state index contributed by atoms with van der Waals surface area (Å²) in [6.07, 6.45) is 0.971. The second kappa shape index (κ2) is 5.00. The third kappa shape index (κ3) is 2.33.